The zero-order valence-corrected chi connectivity index (χ0v) is 9.09. The van der Waals surface area contributed by atoms with Crippen LogP contribution in [0.2, 0.25) is 0 Å². The van der Waals surface area contributed by atoms with Gasteiger partial charge in [-0.25, -0.2) is 0 Å². The molecule has 0 aromatic heterocycles. The molecule has 0 radical (unpaired) electrons. The first-order valence-corrected chi connectivity index (χ1v) is 6.24. The van der Waals surface area contributed by atoms with Crippen molar-refractivity contribution < 1.29 is 0 Å². The molecule has 0 aromatic carbocycles. The fourth-order valence-corrected chi connectivity index (χ4v) is 3.15. The largest absolute Gasteiger partial charge is 0.268 e. The molecule has 0 bridgehead atoms. The molecule has 1 aliphatic heterocycles. The van der Waals surface area contributed by atoms with Gasteiger partial charge in [0.1, 0.15) is 4.38 Å². The van der Waals surface area contributed by atoms with Gasteiger partial charge in [0.25, 0.3) is 0 Å². The molecule has 0 N–H and O–H groups in total. The lowest BCUT2D eigenvalue weighted by molar-refractivity contribution is 0.867. The summed E-state index contributed by atoms with van der Waals surface area (Å²) >= 11 is 3.79. The topological polar surface area (TPSA) is 12.4 Å². The standard InChI is InChI=1S/C9H15NS2/c1-3-4-5-6-11-9-10-8(2)7-12-9/h3,8H,1,4-7H2,2H3. The van der Waals surface area contributed by atoms with Crippen LogP contribution in [0, 0.1) is 0 Å². The first-order chi connectivity index (χ1) is 5.83. The van der Waals surface area contributed by atoms with E-state index in [4.69, 9.17) is 0 Å². The Morgan fingerprint density at radius 1 is 1.83 bits per heavy atom. The number of unbranched alkanes of at least 4 members (excludes halogenated alkanes) is 1. The maximum Gasteiger partial charge on any atom is 0.124 e. The van der Waals surface area contributed by atoms with Gasteiger partial charge in [-0.1, -0.05) is 29.6 Å². The first kappa shape index (κ1) is 10.2. The Morgan fingerprint density at radius 3 is 3.25 bits per heavy atom. The highest BCUT2D eigenvalue weighted by molar-refractivity contribution is 8.39. The van der Waals surface area contributed by atoms with Crippen molar-refractivity contribution in [2.24, 2.45) is 4.99 Å². The van der Waals surface area contributed by atoms with Crippen molar-refractivity contribution in [2.75, 3.05) is 11.5 Å². The Balaban J connectivity index is 2.07. The number of thioether (sulfide) groups is 2. The van der Waals surface area contributed by atoms with E-state index in [2.05, 4.69) is 18.5 Å². The predicted octanol–water partition coefficient (Wildman–Crippen LogP) is 3.18. The van der Waals surface area contributed by atoms with Crippen LogP contribution in [0.25, 0.3) is 0 Å². The van der Waals surface area contributed by atoms with Gasteiger partial charge in [-0.3, -0.25) is 4.99 Å². The van der Waals surface area contributed by atoms with Crippen LogP contribution in [0.4, 0.5) is 0 Å². The molecule has 3 heteroatoms. The van der Waals surface area contributed by atoms with E-state index >= 15 is 0 Å². The van der Waals surface area contributed by atoms with Gasteiger partial charge in [-0.05, 0) is 19.8 Å². The molecule has 0 aliphatic carbocycles. The van der Waals surface area contributed by atoms with Crippen molar-refractivity contribution in [1.82, 2.24) is 0 Å². The summed E-state index contributed by atoms with van der Waals surface area (Å²) in [5, 5.41) is 0. The van der Waals surface area contributed by atoms with Crippen LogP contribution in [-0.4, -0.2) is 21.9 Å². The van der Waals surface area contributed by atoms with Crippen LogP contribution in [0.5, 0.6) is 0 Å². The third-order valence-electron chi connectivity index (χ3n) is 1.55. The molecule has 1 atom stereocenters. The van der Waals surface area contributed by atoms with Crippen molar-refractivity contribution in [2.45, 2.75) is 25.8 Å². The van der Waals surface area contributed by atoms with Crippen LogP contribution >= 0.6 is 23.5 Å². The summed E-state index contributed by atoms with van der Waals surface area (Å²) in [4.78, 5) is 4.50. The van der Waals surface area contributed by atoms with Crippen LogP contribution < -0.4 is 0 Å². The lowest BCUT2D eigenvalue weighted by Gasteiger charge is -1.96. The lowest BCUT2D eigenvalue weighted by Crippen LogP contribution is -1.92. The SMILES string of the molecule is C=CCCCSC1=NC(C)CS1. The average molecular weight is 201 g/mol. The zero-order chi connectivity index (χ0) is 8.81. The monoisotopic (exact) mass is 201 g/mol. The normalized spacial score (nSPS) is 22.4. The summed E-state index contributed by atoms with van der Waals surface area (Å²) in [5.74, 6) is 2.36. The lowest BCUT2D eigenvalue weighted by atomic mass is 10.3. The van der Waals surface area contributed by atoms with Crippen LogP contribution in [0.3, 0.4) is 0 Å². The molecular formula is C9H15NS2. The van der Waals surface area contributed by atoms with Crippen LogP contribution in [-0.2, 0) is 0 Å². The molecule has 0 amide bonds. The van der Waals surface area contributed by atoms with Gasteiger partial charge in [0.2, 0.25) is 0 Å². The van der Waals surface area contributed by atoms with Gasteiger partial charge in [-0.2, -0.15) is 0 Å². The Hall–Kier alpha value is 0.110. The van der Waals surface area contributed by atoms with E-state index < -0.39 is 0 Å². The molecule has 1 unspecified atom stereocenters. The second kappa shape index (κ2) is 5.70. The second-order valence-corrected chi connectivity index (χ2v) is 5.19. The summed E-state index contributed by atoms with van der Waals surface area (Å²) in [7, 11) is 0. The fourth-order valence-electron chi connectivity index (χ4n) is 0.912. The van der Waals surface area contributed by atoms with E-state index in [0.717, 1.165) is 6.42 Å². The predicted molar refractivity (Wildman–Crippen MR) is 61.2 cm³/mol. The Kier molecular flexibility index (Phi) is 4.84. The van der Waals surface area contributed by atoms with Crippen LogP contribution in [0.1, 0.15) is 19.8 Å². The van der Waals surface area contributed by atoms with Crippen molar-refractivity contribution in [3.05, 3.63) is 12.7 Å². The summed E-state index contributed by atoms with van der Waals surface area (Å²) in [6.07, 6.45) is 4.33. The number of hydrogen-bond acceptors (Lipinski definition) is 3. The molecule has 0 fully saturated rings. The molecule has 0 spiro atoms. The van der Waals surface area contributed by atoms with E-state index in [1.165, 1.54) is 22.3 Å². The summed E-state index contributed by atoms with van der Waals surface area (Å²) < 4.78 is 1.28. The maximum atomic E-state index is 4.50. The third-order valence-corrected chi connectivity index (χ3v) is 4.11. The van der Waals surface area contributed by atoms with Crippen LogP contribution in [0.15, 0.2) is 17.6 Å². The molecule has 0 saturated heterocycles. The Morgan fingerprint density at radius 2 is 2.67 bits per heavy atom. The van der Waals surface area contributed by atoms with Gasteiger partial charge < -0.3 is 0 Å². The molecule has 1 rings (SSSR count). The highest BCUT2D eigenvalue weighted by Crippen LogP contribution is 2.26. The Labute approximate surface area is 83.1 Å². The van der Waals surface area contributed by atoms with Gasteiger partial charge >= 0.3 is 0 Å². The molecule has 0 aromatic rings. The maximum absolute atomic E-state index is 4.50. The smallest absolute Gasteiger partial charge is 0.124 e. The zero-order valence-electron chi connectivity index (χ0n) is 7.45. The van der Waals surface area contributed by atoms with Crippen molar-refractivity contribution >= 4 is 27.9 Å². The quantitative estimate of drug-likeness (QED) is 0.511. The van der Waals surface area contributed by atoms with Gasteiger partial charge in [-0.15, -0.1) is 6.58 Å². The molecular weight excluding hydrogens is 186 g/mol. The second-order valence-electron chi connectivity index (χ2n) is 2.83. The van der Waals surface area contributed by atoms with E-state index in [0.29, 0.717) is 6.04 Å². The highest BCUT2D eigenvalue weighted by atomic mass is 32.2. The van der Waals surface area contributed by atoms with Crippen molar-refractivity contribution in [3.8, 4) is 0 Å². The molecule has 1 aliphatic rings. The minimum atomic E-state index is 0.539. The minimum absolute atomic E-state index is 0.539. The van der Waals surface area contributed by atoms with E-state index in [1.54, 1.807) is 0 Å². The van der Waals surface area contributed by atoms with Gasteiger partial charge in [0, 0.05) is 11.5 Å². The van der Waals surface area contributed by atoms with Gasteiger partial charge in [0.15, 0.2) is 0 Å². The number of nitrogens with zero attached hydrogens (tertiary/aromatic N) is 1. The number of aliphatic imine (C=N–C) groups is 1. The van der Waals surface area contributed by atoms with Crippen molar-refractivity contribution in [1.29, 1.82) is 0 Å². The third kappa shape index (κ3) is 3.68. The number of rotatable bonds is 4. The number of allylic oxidation sites excluding steroid dienone is 1. The van der Waals surface area contributed by atoms with Crippen molar-refractivity contribution in [3.63, 3.8) is 0 Å². The fraction of sp³-hybridized carbons (Fsp3) is 0.667. The van der Waals surface area contributed by atoms with Gasteiger partial charge in [0.05, 0.1) is 6.04 Å². The summed E-state index contributed by atoms with van der Waals surface area (Å²) in [6, 6.07) is 0.539. The molecule has 12 heavy (non-hydrogen) atoms. The summed E-state index contributed by atoms with van der Waals surface area (Å²) in [5.41, 5.74) is 0. The molecule has 0 saturated carbocycles. The highest BCUT2D eigenvalue weighted by Gasteiger charge is 2.13. The molecule has 68 valence electrons. The average Bonchev–Trinajstić information content (AvgIpc) is 2.45. The van der Waals surface area contributed by atoms with E-state index in [-0.39, 0.29) is 0 Å². The molecule has 1 nitrogen and oxygen atoms in total. The summed E-state index contributed by atoms with van der Waals surface area (Å²) in [6.45, 7) is 5.87. The molecule has 1 heterocycles. The minimum Gasteiger partial charge on any atom is -0.268 e. The van der Waals surface area contributed by atoms with E-state index in [9.17, 15) is 0 Å². The first-order valence-electron chi connectivity index (χ1n) is 4.27. The van der Waals surface area contributed by atoms with E-state index in [1.807, 2.05) is 29.6 Å². The number of hydrogen-bond donors (Lipinski definition) is 0. The Bertz CT molecular complexity index is 177.